The summed E-state index contributed by atoms with van der Waals surface area (Å²) in [6, 6.07) is 16.5. The van der Waals surface area contributed by atoms with Crippen molar-refractivity contribution in [3.63, 3.8) is 0 Å². The Morgan fingerprint density at radius 2 is 1.66 bits per heavy atom. The third-order valence-electron chi connectivity index (χ3n) is 10.8. The number of anilines is 2. The number of hydrogen-bond donors (Lipinski definition) is 3. The highest BCUT2D eigenvalue weighted by molar-refractivity contribution is 6.06. The van der Waals surface area contributed by atoms with Crippen molar-refractivity contribution in [3.05, 3.63) is 88.6 Å². The van der Waals surface area contributed by atoms with Gasteiger partial charge in [-0.1, -0.05) is 43.3 Å². The van der Waals surface area contributed by atoms with Crippen LogP contribution in [0.4, 0.5) is 21.1 Å². The average Bonchev–Trinajstić information content (AvgIpc) is 3.63. The van der Waals surface area contributed by atoms with Crippen molar-refractivity contribution >= 4 is 41.4 Å². The number of nitrogens with two attached hydrogens (primary N) is 1. The Kier molecular flexibility index (Phi) is 10.2. The highest BCUT2D eigenvalue weighted by Crippen LogP contribution is 2.47. The number of nitrogens with zero attached hydrogens (tertiary/aromatic N) is 4. The number of fused-ring (bicyclic) bond motifs is 3. The van der Waals surface area contributed by atoms with Crippen molar-refractivity contribution in [2.45, 2.75) is 83.9 Å². The predicted octanol–water partition coefficient (Wildman–Crippen LogP) is 4.98. The lowest BCUT2D eigenvalue weighted by Crippen LogP contribution is -2.53. The van der Waals surface area contributed by atoms with Crippen molar-refractivity contribution in [2.75, 3.05) is 37.3 Å². The molecular weight excluding hydrogens is 674 g/mol. The van der Waals surface area contributed by atoms with Gasteiger partial charge >= 0.3 is 12.1 Å². The number of carbonyl (C=O) groups excluding carboxylic acids is 5. The molecule has 1 aliphatic carbocycles. The maximum Gasteiger partial charge on any atom is 0.410 e. The van der Waals surface area contributed by atoms with E-state index in [1.807, 2.05) is 82.3 Å². The number of pyridine rings is 1. The van der Waals surface area contributed by atoms with Crippen LogP contribution in [-0.2, 0) is 50.5 Å². The Labute approximate surface area is 310 Å². The van der Waals surface area contributed by atoms with Gasteiger partial charge in [0, 0.05) is 50.7 Å². The van der Waals surface area contributed by atoms with Gasteiger partial charge in [0.1, 0.15) is 18.0 Å². The number of primary amides is 1. The summed E-state index contributed by atoms with van der Waals surface area (Å²) in [5.74, 6) is -0.0358. The summed E-state index contributed by atoms with van der Waals surface area (Å²) in [6.45, 7) is 8.22. The predicted molar refractivity (Wildman–Crippen MR) is 200 cm³/mol. The van der Waals surface area contributed by atoms with Gasteiger partial charge in [-0.25, -0.2) is 14.6 Å². The summed E-state index contributed by atoms with van der Waals surface area (Å²) < 4.78 is 5.56. The Morgan fingerprint density at radius 1 is 0.981 bits per heavy atom. The SMILES string of the molecule is CCC1(C(=O)N(CC(=O)Nc2ccc3c(c2)C[C@@]2(C3)C(=O)Nc3ncccc32)Cc2ccccc2CN(C)C(=O)OC(C)(C)C)CCN(C(N)=O)CC1. The molecule has 0 unspecified atom stereocenters. The highest BCUT2D eigenvalue weighted by atomic mass is 16.6. The normalized spacial score (nSPS) is 18.5. The van der Waals surface area contributed by atoms with E-state index in [-0.39, 0.29) is 37.4 Å². The molecule has 2 aliphatic heterocycles. The third kappa shape index (κ3) is 7.69. The van der Waals surface area contributed by atoms with Gasteiger partial charge in [0.2, 0.25) is 17.7 Å². The Hall–Kier alpha value is -5.46. The van der Waals surface area contributed by atoms with Crippen LogP contribution in [0.15, 0.2) is 60.8 Å². The van der Waals surface area contributed by atoms with Crippen LogP contribution in [0, 0.1) is 5.41 Å². The molecule has 13 heteroatoms. The van der Waals surface area contributed by atoms with Crippen molar-refractivity contribution < 1.29 is 28.7 Å². The van der Waals surface area contributed by atoms with E-state index in [0.29, 0.717) is 56.7 Å². The van der Waals surface area contributed by atoms with E-state index in [9.17, 15) is 24.0 Å². The maximum absolute atomic E-state index is 14.6. The maximum atomic E-state index is 14.6. The minimum absolute atomic E-state index is 0.0776. The lowest BCUT2D eigenvalue weighted by Gasteiger charge is -2.42. The lowest BCUT2D eigenvalue weighted by atomic mass is 9.74. The molecule has 0 saturated carbocycles. The van der Waals surface area contributed by atoms with Crippen LogP contribution >= 0.6 is 0 Å². The molecule has 0 bridgehead atoms. The zero-order valence-corrected chi connectivity index (χ0v) is 31.2. The van der Waals surface area contributed by atoms with Crippen LogP contribution in [0.5, 0.6) is 0 Å². The largest absolute Gasteiger partial charge is 0.444 e. The smallest absolute Gasteiger partial charge is 0.410 e. The van der Waals surface area contributed by atoms with Crippen LogP contribution in [0.25, 0.3) is 0 Å². The molecule has 2 aromatic carbocycles. The second kappa shape index (κ2) is 14.5. The summed E-state index contributed by atoms with van der Waals surface area (Å²) in [5, 5.41) is 5.93. The molecule has 1 atom stereocenters. The van der Waals surface area contributed by atoms with Crippen LogP contribution in [0.2, 0.25) is 0 Å². The average molecular weight is 724 g/mol. The number of nitrogens with one attached hydrogen (secondary N) is 2. The van der Waals surface area contributed by atoms with E-state index in [0.717, 1.165) is 27.8 Å². The first-order valence-corrected chi connectivity index (χ1v) is 18.2. The fourth-order valence-electron chi connectivity index (χ4n) is 7.86. The van der Waals surface area contributed by atoms with Gasteiger partial charge in [0.05, 0.1) is 10.8 Å². The fraction of sp³-hybridized carbons (Fsp3) is 0.450. The van der Waals surface area contributed by atoms with E-state index < -0.39 is 28.6 Å². The number of urea groups is 1. The van der Waals surface area contributed by atoms with Gasteiger partial charge in [-0.15, -0.1) is 0 Å². The number of piperidine rings is 1. The minimum atomic E-state index is -0.788. The topological polar surface area (TPSA) is 167 Å². The van der Waals surface area contributed by atoms with Crippen LogP contribution in [0.1, 0.15) is 74.8 Å². The minimum Gasteiger partial charge on any atom is -0.444 e. The number of hydrogen-bond acceptors (Lipinski definition) is 7. The van der Waals surface area contributed by atoms with Crippen molar-refractivity contribution in [3.8, 4) is 0 Å². The van der Waals surface area contributed by atoms with Gasteiger partial charge in [-0.3, -0.25) is 14.4 Å². The summed E-state index contributed by atoms with van der Waals surface area (Å²) in [4.78, 5) is 75.4. The van der Waals surface area contributed by atoms with Gasteiger partial charge < -0.3 is 35.8 Å². The standard InChI is InChI=1S/C40H49N7O6/c1-6-39(15-18-46(19-16-39)36(41)51)35(50)47(24-28-11-8-7-10-27(28)23-45(5)37(52)53-38(2,3)4)25-32(48)43-30-14-13-26-21-40(22-29(26)20-30)31-12-9-17-42-33(31)44-34(40)49/h7-14,17,20H,6,15-16,18-19,21-25H2,1-5H3,(H2,41,51)(H,43,48)(H,42,44,49)/t40-/m1/s1. The van der Waals surface area contributed by atoms with E-state index in [2.05, 4.69) is 15.6 Å². The molecule has 6 rings (SSSR count). The van der Waals surface area contributed by atoms with Crippen LogP contribution < -0.4 is 16.4 Å². The van der Waals surface area contributed by atoms with Gasteiger partial charge in [0.25, 0.3) is 0 Å². The molecule has 1 aromatic heterocycles. The number of ether oxygens (including phenoxy) is 1. The van der Waals surface area contributed by atoms with Crippen molar-refractivity contribution in [1.29, 1.82) is 0 Å². The number of likely N-dealkylation sites (tertiary alicyclic amines) is 1. The summed E-state index contributed by atoms with van der Waals surface area (Å²) in [6.07, 6.45) is 3.58. The molecule has 280 valence electrons. The van der Waals surface area contributed by atoms with Crippen LogP contribution in [0.3, 0.4) is 0 Å². The molecule has 1 saturated heterocycles. The summed E-state index contributed by atoms with van der Waals surface area (Å²) in [7, 11) is 1.66. The first-order valence-electron chi connectivity index (χ1n) is 18.2. The molecule has 53 heavy (non-hydrogen) atoms. The summed E-state index contributed by atoms with van der Waals surface area (Å²) in [5.41, 5.74) is 8.44. The van der Waals surface area contributed by atoms with E-state index >= 15 is 0 Å². The van der Waals surface area contributed by atoms with E-state index in [4.69, 9.17) is 10.5 Å². The quantitative estimate of drug-likeness (QED) is 0.280. The first-order chi connectivity index (χ1) is 25.1. The molecule has 3 aromatic rings. The summed E-state index contributed by atoms with van der Waals surface area (Å²) >= 11 is 0. The molecule has 1 spiro atoms. The van der Waals surface area contributed by atoms with Crippen molar-refractivity contribution in [1.82, 2.24) is 19.7 Å². The molecule has 6 amide bonds. The Bertz CT molecular complexity index is 1930. The Balaban J connectivity index is 1.23. The molecule has 0 radical (unpaired) electrons. The van der Waals surface area contributed by atoms with Gasteiger partial charge in [-0.2, -0.15) is 0 Å². The fourth-order valence-corrected chi connectivity index (χ4v) is 7.86. The second-order valence-electron chi connectivity index (χ2n) is 15.5. The zero-order valence-electron chi connectivity index (χ0n) is 31.2. The van der Waals surface area contributed by atoms with Crippen LogP contribution in [-0.4, -0.2) is 81.8 Å². The number of benzene rings is 2. The molecule has 4 N–H and O–H groups in total. The number of aromatic nitrogens is 1. The molecule has 1 fully saturated rings. The zero-order chi connectivity index (χ0) is 38.1. The first kappa shape index (κ1) is 37.3. The van der Waals surface area contributed by atoms with Gasteiger partial charge in [-0.05, 0) is 93.3 Å². The molecule has 3 heterocycles. The van der Waals surface area contributed by atoms with Gasteiger partial charge in [0.15, 0.2) is 0 Å². The molecule has 3 aliphatic rings. The number of carbonyl (C=O) groups is 5. The number of amides is 6. The molecular formula is C40H49N7O6. The second-order valence-corrected chi connectivity index (χ2v) is 15.5. The number of rotatable bonds is 9. The van der Waals surface area contributed by atoms with E-state index in [1.54, 1.807) is 23.0 Å². The monoisotopic (exact) mass is 723 g/mol. The van der Waals surface area contributed by atoms with Crippen molar-refractivity contribution in [2.24, 2.45) is 11.1 Å². The van der Waals surface area contributed by atoms with E-state index in [1.165, 1.54) is 4.90 Å². The third-order valence-corrected chi connectivity index (χ3v) is 10.8. The Morgan fingerprint density at radius 3 is 2.32 bits per heavy atom. The molecule has 13 nitrogen and oxygen atoms in total. The lowest BCUT2D eigenvalue weighted by molar-refractivity contribution is -0.147. The highest BCUT2D eigenvalue weighted by Gasteiger charge is 2.51.